The number of hydrogen-bond donors (Lipinski definition) is 3. The van der Waals surface area contributed by atoms with Crippen LogP contribution in [0.4, 0.5) is 17.5 Å². The van der Waals surface area contributed by atoms with Crippen molar-refractivity contribution in [1.29, 1.82) is 0 Å². The molecule has 3 heterocycles. The van der Waals surface area contributed by atoms with Crippen LogP contribution in [0.5, 0.6) is 0 Å². The van der Waals surface area contributed by atoms with E-state index in [4.69, 9.17) is 5.73 Å². The van der Waals surface area contributed by atoms with Crippen LogP contribution in [-0.4, -0.2) is 15.0 Å². The Hall–Kier alpha value is -2.60. The molecule has 4 rings (SSSR count). The molecule has 0 saturated carbocycles. The monoisotopic (exact) mass is 281 g/mol. The molecule has 20 heavy (non-hydrogen) atoms. The number of fused-ring (bicyclic) bond motifs is 2. The second kappa shape index (κ2) is 4.21. The Morgan fingerprint density at radius 2 is 2.10 bits per heavy atom. The molecule has 0 atom stereocenters. The number of thiophene rings is 1. The minimum Gasteiger partial charge on any atom is -0.382 e. The van der Waals surface area contributed by atoms with Crippen molar-refractivity contribution in [3.63, 3.8) is 0 Å². The summed E-state index contributed by atoms with van der Waals surface area (Å²) in [7, 11) is 0. The molecule has 0 fully saturated rings. The Bertz CT molecular complexity index is 908. The molecule has 5 nitrogen and oxygen atoms in total. The van der Waals surface area contributed by atoms with Crippen LogP contribution >= 0.6 is 11.3 Å². The van der Waals surface area contributed by atoms with E-state index in [1.165, 1.54) is 0 Å². The van der Waals surface area contributed by atoms with Gasteiger partial charge in [0.25, 0.3) is 0 Å². The van der Waals surface area contributed by atoms with Gasteiger partial charge in [0.15, 0.2) is 0 Å². The van der Waals surface area contributed by atoms with Crippen molar-refractivity contribution in [1.82, 2.24) is 15.0 Å². The summed E-state index contributed by atoms with van der Waals surface area (Å²) in [6, 6.07) is 10.0. The van der Waals surface area contributed by atoms with Crippen LogP contribution in [0, 0.1) is 0 Å². The van der Waals surface area contributed by atoms with Gasteiger partial charge in [-0.2, -0.15) is 4.98 Å². The molecule has 4 N–H and O–H groups in total. The molecule has 4 aromatic rings. The first-order valence-electron chi connectivity index (χ1n) is 6.14. The number of aromatic amines is 1. The second-order valence-electron chi connectivity index (χ2n) is 4.47. The molecule has 3 aromatic heterocycles. The summed E-state index contributed by atoms with van der Waals surface area (Å²) in [5.74, 6) is 1.03. The molecule has 0 saturated heterocycles. The average Bonchev–Trinajstić information content (AvgIpc) is 3.06. The maximum Gasteiger partial charge on any atom is 0.229 e. The van der Waals surface area contributed by atoms with Gasteiger partial charge >= 0.3 is 0 Å². The Kier molecular flexibility index (Phi) is 2.37. The maximum atomic E-state index is 5.94. The zero-order valence-corrected chi connectivity index (χ0v) is 11.2. The van der Waals surface area contributed by atoms with Crippen LogP contribution < -0.4 is 11.1 Å². The van der Waals surface area contributed by atoms with Crippen LogP contribution in [0.15, 0.2) is 41.9 Å². The van der Waals surface area contributed by atoms with Crippen molar-refractivity contribution in [2.75, 3.05) is 11.1 Å². The molecule has 0 aliphatic carbocycles. The quantitative estimate of drug-likeness (QED) is 0.525. The number of rotatable bonds is 2. The van der Waals surface area contributed by atoms with Crippen molar-refractivity contribution in [2.45, 2.75) is 0 Å². The van der Waals surface area contributed by atoms with E-state index in [1.807, 2.05) is 41.9 Å². The first-order chi connectivity index (χ1) is 9.79. The Morgan fingerprint density at radius 3 is 3.05 bits per heavy atom. The number of benzene rings is 1. The van der Waals surface area contributed by atoms with Crippen LogP contribution in [0.3, 0.4) is 0 Å². The van der Waals surface area contributed by atoms with Gasteiger partial charge in [-0.1, -0.05) is 0 Å². The van der Waals surface area contributed by atoms with E-state index in [9.17, 15) is 0 Å². The number of nitrogens with zero attached hydrogens (tertiary/aromatic N) is 2. The Balaban J connectivity index is 1.75. The van der Waals surface area contributed by atoms with E-state index in [-0.39, 0.29) is 0 Å². The largest absolute Gasteiger partial charge is 0.382 e. The lowest BCUT2D eigenvalue weighted by Gasteiger charge is -2.06. The van der Waals surface area contributed by atoms with Crippen molar-refractivity contribution in [2.24, 2.45) is 0 Å². The first kappa shape index (κ1) is 11.2. The molecule has 0 spiro atoms. The van der Waals surface area contributed by atoms with Crippen molar-refractivity contribution < 1.29 is 0 Å². The Labute approximate surface area is 118 Å². The number of nitrogens with one attached hydrogen (secondary N) is 2. The van der Waals surface area contributed by atoms with Gasteiger partial charge in [-0.15, -0.1) is 11.3 Å². The zero-order valence-electron chi connectivity index (χ0n) is 10.4. The van der Waals surface area contributed by atoms with Gasteiger partial charge in [0.2, 0.25) is 5.95 Å². The van der Waals surface area contributed by atoms with E-state index in [0.717, 1.165) is 26.8 Å². The number of hydrogen-bond acceptors (Lipinski definition) is 5. The van der Waals surface area contributed by atoms with Gasteiger partial charge in [0, 0.05) is 22.8 Å². The average molecular weight is 281 g/mol. The summed E-state index contributed by atoms with van der Waals surface area (Å²) in [6.45, 7) is 0. The predicted octanol–water partition coefficient (Wildman–Crippen LogP) is 3.50. The third-order valence-electron chi connectivity index (χ3n) is 3.14. The van der Waals surface area contributed by atoms with Crippen molar-refractivity contribution >= 4 is 49.9 Å². The molecule has 6 heteroatoms. The maximum absolute atomic E-state index is 5.94. The molecule has 0 bridgehead atoms. The van der Waals surface area contributed by atoms with Crippen molar-refractivity contribution in [3.8, 4) is 0 Å². The topological polar surface area (TPSA) is 79.6 Å². The third kappa shape index (κ3) is 1.78. The van der Waals surface area contributed by atoms with Crippen LogP contribution in [-0.2, 0) is 0 Å². The highest BCUT2D eigenvalue weighted by Gasteiger charge is 2.07. The molecule has 98 valence electrons. The van der Waals surface area contributed by atoms with Gasteiger partial charge in [-0.25, -0.2) is 4.98 Å². The number of nitrogen functional groups attached to an aromatic ring is 1. The summed E-state index contributed by atoms with van der Waals surface area (Å²) in [5.41, 5.74) is 8.85. The fourth-order valence-electron chi connectivity index (χ4n) is 2.20. The smallest absolute Gasteiger partial charge is 0.229 e. The zero-order chi connectivity index (χ0) is 13.5. The highest BCUT2D eigenvalue weighted by Crippen LogP contribution is 2.26. The summed E-state index contributed by atoms with van der Waals surface area (Å²) >= 11 is 1.55. The molecular formula is C14H11N5S. The predicted molar refractivity (Wildman–Crippen MR) is 83.4 cm³/mol. The standard InChI is InChI=1S/C14H11N5S/c15-13-12-11(4-6-20-12)18-14(19-13)17-9-1-2-10-8(7-9)3-5-16-10/h1-7,16H,(H3,15,17,18,19). The lowest BCUT2D eigenvalue weighted by atomic mass is 10.2. The lowest BCUT2D eigenvalue weighted by molar-refractivity contribution is 1.23. The molecule has 0 radical (unpaired) electrons. The summed E-state index contributed by atoms with van der Waals surface area (Å²) in [5, 5.41) is 6.30. The first-order valence-corrected chi connectivity index (χ1v) is 7.02. The molecule has 0 aliphatic rings. The highest BCUT2D eigenvalue weighted by molar-refractivity contribution is 7.17. The van der Waals surface area contributed by atoms with E-state index in [2.05, 4.69) is 20.3 Å². The van der Waals surface area contributed by atoms with E-state index in [1.54, 1.807) is 11.3 Å². The SMILES string of the molecule is Nc1nc(Nc2ccc3[nH]ccc3c2)nc2ccsc12. The van der Waals surface area contributed by atoms with Crippen LogP contribution in [0.2, 0.25) is 0 Å². The third-order valence-corrected chi connectivity index (χ3v) is 4.07. The van der Waals surface area contributed by atoms with Gasteiger partial charge in [-0.05, 0) is 35.7 Å². The summed E-state index contributed by atoms with van der Waals surface area (Å²) in [4.78, 5) is 11.9. The molecule has 0 aliphatic heterocycles. The minimum atomic E-state index is 0.509. The van der Waals surface area contributed by atoms with E-state index >= 15 is 0 Å². The highest BCUT2D eigenvalue weighted by atomic mass is 32.1. The molecule has 0 amide bonds. The molecular weight excluding hydrogens is 270 g/mol. The van der Waals surface area contributed by atoms with Gasteiger partial charge in [-0.3, -0.25) is 0 Å². The number of nitrogens with two attached hydrogens (primary N) is 1. The molecule has 1 aromatic carbocycles. The fourth-order valence-corrected chi connectivity index (χ4v) is 2.94. The summed E-state index contributed by atoms with van der Waals surface area (Å²) in [6.07, 6.45) is 1.92. The second-order valence-corrected chi connectivity index (χ2v) is 5.39. The van der Waals surface area contributed by atoms with Crippen LogP contribution in [0.1, 0.15) is 0 Å². The number of H-pyrrole nitrogens is 1. The Morgan fingerprint density at radius 1 is 1.15 bits per heavy atom. The fraction of sp³-hybridized carbons (Fsp3) is 0. The summed E-state index contributed by atoms with van der Waals surface area (Å²) < 4.78 is 0.927. The van der Waals surface area contributed by atoms with Crippen molar-refractivity contribution in [3.05, 3.63) is 41.9 Å². The number of anilines is 3. The van der Waals surface area contributed by atoms with Gasteiger partial charge in [0.05, 0.1) is 10.2 Å². The minimum absolute atomic E-state index is 0.509. The van der Waals surface area contributed by atoms with Gasteiger partial charge < -0.3 is 16.0 Å². The molecule has 0 unspecified atom stereocenters. The van der Waals surface area contributed by atoms with Crippen LogP contribution in [0.25, 0.3) is 21.1 Å². The van der Waals surface area contributed by atoms with E-state index in [0.29, 0.717) is 11.8 Å². The van der Waals surface area contributed by atoms with Gasteiger partial charge in [0.1, 0.15) is 5.82 Å². The number of aromatic nitrogens is 3. The normalized spacial score (nSPS) is 11.2. The van der Waals surface area contributed by atoms with E-state index < -0.39 is 0 Å². The lowest BCUT2D eigenvalue weighted by Crippen LogP contribution is -2.00.